The van der Waals surface area contributed by atoms with Gasteiger partial charge in [0.2, 0.25) is 0 Å². The van der Waals surface area contributed by atoms with Crippen molar-refractivity contribution in [3.05, 3.63) is 40.6 Å². The topological polar surface area (TPSA) is 50.7 Å². The smallest absolute Gasteiger partial charge is 0.163 e. The first-order valence-electron chi connectivity index (χ1n) is 6.46. The molecule has 4 nitrogen and oxygen atoms in total. The molecule has 0 aliphatic heterocycles. The Hall–Kier alpha value is -1.72. The number of aliphatic hydroxyl groups is 1. The number of benzene rings is 1. The molecule has 1 aromatic heterocycles. The number of hydrogen-bond donors (Lipinski definition) is 2. The van der Waals surface area contributed by atoms with Crippen molar-refractivity contribution in [2.75, 3.05) is 25.6 Å². The predicted octanol–water partition coefficient (Wildman–Crippen LogP) is 3.30. The summed E-state index contributed by atoms with van der Waals surface area (Å²) in [6, 6.07) is 10.1. The number of aliphatic hydroxyl groups excluding tert-OH is 1. The number of anilines is 1. The van der Waals surface area contributed by atoms with Crippen LogP contribution in [0.4, 0.5) is 5.69 Å². The zero-order chi connectivity index (χ0) is 14.4. The molecule has 0 spiro atoms. The van der Waals surface area contributed by atoms with Crippen LogP contribution in [0.25, 0.3) is 0 Å². The minimum Gasteiger partial charge on any atom is -0.493 e. The number of rotatable bonds is 7. The van der Waals surface area contributed by atoms with Gasteiger partial charge in [0.05, 0.1) is 19.8 Å². The number of hydrogen-bond acceptors (Lipinski definition) is 5. The van der Waals surface area contributed by atoms with Crippen LogP contribution >= 0.6 is 11.3 Å². The largest absolute Gasteiger partial charge is 0.493 e. The van der Waals surface area contributed by atoms with Crippen molar-refractivity contribution in [3.8, 4) is 11.5 Å². The van der Waals surface area contributed by atoms with Crippen molar-refractivity contribution in [1.29, 1.82) is 0 Å². The number of nitrogens with one attached hydrogen (secondary N) is 1. The van der Waals surface area contributed by atoms with Crippen LogP contribution in [0, 0.1) is 0 Å². The van der Waals surface area contributed by atoms with E-state index in [1.807, 2.05) is 24.3 Å². The second-order valence-electron chi connectivity index (χ2n) is 4.32. The van der Waals surface area contributed by atoms with Crippen LogP contribution in [0.2, 0.25) is 0 Å². The molecule has 1 unspecified atom stereocenters. The fourth-order valence-electron chi connectivity index (χ4n) is 1.89. The summed E-state index contributed by atoms with van der Waals surface area (Å²) in [5.74, 6) is 1.29. The van der Waals surface area contributed by atoms with Crippen molar-refractivity contribution < 1.29 is 14.6 Å². The van der Waals surface area contributed by atoms with Gasteiger partial charge in [0.25, 0.3) is 0 Å². The third-order valence-corrected chi connectivity index (χ3v) is 3.92. The quantitative estimate of drug-likeness (QED) is 0.822. The highest BCUT2D eigenvalue weighted by Gasteiger charge is 2.09. The second kappa shape index (κ2) is 7.17. The maximum atomic E-state index is 8.85. The van der Waals surface area contributed by atoms with E-state index in [4.69, 9.17) is 14.6 Å². The SMILES string of the molecule is COc1ccc(NC(C)c2cccs2)cc1OCCO. The lowest BCUT2D eigenvalue weighted by molar-refractivity contribution is 0.196. The van der Waals surface area contributed by atoms with E-state index >= 15 is 0 Å². The maximum Gasteiger partial charge on any atom is 0.163 e. The Morgan fingerprint density at radius 1 is 1.30 bits per heavy atom. The highest BCUT2D eigenvalue weighted by Crippen LogP contribution is 2.32. The van der Waals surface area contributed by atoms with Crippen molar-refractivity contribution in [2.45, 2.75) is 13.0 Å². The van der Waals surface area contributed by atoms with Crippen LogP contribution in [-0.2, 0) is 0 Å². The zero-order valence-electron chi connectivity index (χ0n) is 11.6. The summed E-state index contributed by atoms with van der Waals surface area (Å²) in [4.78, 5) is 1.28. The molecule has 0 amide bonds. The Morgan fingerprint density at radius 3 is 2.80 bits per heavy atom. The van der Waals surface area contributed by atoms with Gasteiger partial charge in [0.1, 0.15) is 6.61 Å². The molecule has 20 heavy (non-hydrogen) atoms. The number of methoxy groups -OCH3 is 1. The number of ether oxygens (including phenoxy) is 2. The summed E-state index contributed by atoms with van der Waals surface area (Å²) in [6.45, 7) is 2.34. The van der Waals surface area contributed by atoms with Gasteiger partial charge in [-0.1, -0.05) is 6.07 Å². The standard InChI is InChI=1S/C15H19NO3S/c1-11(15-4-3-9-20-15)16-12-5-6-13(18-2)14(10-12)19-8-7-17/h3-6,9-11,16-17H,7-8H2,1-2H3. The molecule has 0 saturated carbocycles. The molecule has 2 aromatic rings. The van der Waals surface area contributed by atoms with Crippen molar-refractivity contribution in [1.82, 2.24) is 0 Å². The van der Waals surface area contributed by atoms with E-state index in [1.54, 1.807) is 18.4 Å². The lowest BCUT2D eigenvalue weighted by Gasteiger charge is -2.16. The monoisotopic (exact) mass is 293 g/mol. The van der Waals surface area contributed by atoms with E-state index in [0.29, 0.717) is 11.5 Å². The molecule has 1 aromatic carbocycles. The molecule has 1 atom stereocenters. The van der Waals surface area contributed by atoms with E-state index in [2.05, 4.69) is 23.7 Å². The molecule has 2 rings (SSSR count). The van der Waals surface area contributed by atoms with Gasteiger partial charge in [-0.2, -0.15) is 0 Å². The van der Waals surface area contributed by atoms with Crippen LogP contribution < -0.4 is 14.8 Å². The fourth-order valence-corrected chi connectivity index (χ4v) is 2.63. The van der Waals surface area contributed by atoms with Crippen LogP contribution in [0.15, 0.2) is 35.7 Å². The van der Waals surface area contributed by atoms with E-state index in [1.165, 1.54) is 4.88 Å². The molecule has 0 aliphatic rings. The minimum absolute atomic E-state index is 0.0214. The maximum absolute atomic E-state index is 8.85. The molecule has 0 saturated heterocycles. The highest BCUT2D eigenvalue weighted by molar-refractivity contribution is 7.10. The third kappa shape index (κ3) is 3.65. The van der Waals surface area contributed by atoms with Crippen LogP contribution in [0.1, 0.15) is 17.8 Å². The average molecular weight is 293 g/mol. The van der Waals surface area contributed by atoms with Gasteiger partial charge in [-0.3, -0.25) is 0 Å². The lowest BCUT2D eigenvalue weighted by Crippen LogP contribution is -2.06. The number of thiophene rings is 1. The van der Waals surface area contributed by atoms with Gasteiger partial charge in [0.15, 0.2) is 11.5 Å². The molecule has 1 heterocycles. The highest BCUT2D eigenvalue weighted by atomic mass is 32.1. The summed E-state index contributed by atoms with van der Waals surface area (Å²) in [5.41, 5.74) is 0.958. The van der Waals surface area contributed by atoms with Gasteiger partial charge in [-0.15, -0.1) is 11.3 Å². The molecule has 0 radical (unpaired) electrons. The molecule has 5 heteroatoms. The summed E-state index contributed by atoms with van der Waals surface area (Å²) in [6.07, 6.45) is 0. The third-order valence-electron chi connectivity index (χ3n) is 2.87. The average Bonchev–Trinajstić information content (AvgIpc) is 2.99. The van der Waals surface area contributed by atoms with E-state index < -0.39 is 0 Å². The first kappa shape index (κ1) is 14.7. The first-order chi connectivity index (χ1) is 9.74. The zero-order valence-corrected chi connectivity index (χ0v) is 12.4. The van der Waals surface area contributed by atoms with Gasteiger partial charge >= 0.3 is 0 Å². The normalized spacial score (nSPS) is 11.9. The molecule has 0 aliphatic carbocycles. The van der Waals surface area contributed by atoms with E-state index in [0.717, 1.165) is 5.69 Å². The summed E-state index contributed by atoms with van der Waals surface area (Å²) < 4.78 is 10.7. The molecule has 0 bridgehead atoms. The Morgan fingerprint density at radius 2 is 2.15 bits per heavy atom. The van der Waals surface area contributed by atoms with E-state index in [-0.39, 0.29) is 19.3 Å². The van der Waals surface area contributed by atoms with Crippen LogP contribution in [0.3, 0.4) is 0 Å². The van der Waals surface area contributed by atoms with E-state index in [9.17, 15) is 0 Å². The fraction of sp³-hybridized carbons (Fsp3) is 0.333. The van der Waals surface area contributed by atoms with Crippen LogP contribution in [0.5, 0.6) is 11.5 Å². The molecule has 108 valence electrons. The molecular formula is C15H19NO3S. The Kier molecular flexibility index (Phi) is 5.26. The first-order valence-corrected chi connectivity index (χ1v) is 7.34. The Balaban J connectivity index is 2.11. The van der Waals surface area contributed by atoms with Crippen molar-refractivity contribution in [3.63, 3.8) is 0 Å². The van der Waals surface area contributed by atoms with Gasteiger partial charge in [-0.05, 0) is 30.5 Å². The second-order valence-corrected chi connectivity index (χ2v) is 5.30. The Bertz CT molecular complexity index is 528. The van der Waals surface area contributed by atoms with Gasteiger partial charge in [-0.25, -0.2) is 0 Å². The lowest BCUT2D eigenvalue weighted by atomic mass is 10.2. The molecular weight excluding hydrogens is 274 g/mol. The Labute approximate surface area is 123 Å². The molecule has 0 fully saturated rings. The van der Waals surface area contributed by atoms with Crippen LogP contribution in [-0.4, -0.2) is 25.4 Å². The van der Waals surface area contributed by atoms with Crippen molar-refractivity contribution in [2.24, 2.45) is 0 Å². The summed E-state index contributed by atoms with van der Waals surface area (Å²) in [7, 11) is 1.60. The minimum atomic E-state index is -0.0214. The predicted molar refractivity (Wildman–Crippen MR) is 81.9 cm³/mol. The summed E-state index contributed by atoms with van der Waals surface area (Å²) >= 11 is 1.72. The van der Waals surface area contributed by atoms with Gasteiger partial charge < -0.3 is 19.9 Å². The van der Waals surface area contributed by atoms with Gasteiger partial charge in [0, 0.05) is 16.6 Å². The molecule has 2 N–H and O–H groups in total. The van der Waals surface area contributed by atoms with Crippen molar-refractivity contribution >= 4 is 17.0 Å². The summed E-state index contributed by atoms with van der Waals surface area (Å²) in [5, 5.41) is 14.3.